The summed E-state index contributed by atoms with van der Waals surface area (Å²) in [7, 11) is 0. The molecule has 6 nitrogen and oxygen atoms in total. The van der Waals surface area contributed by atoms with Gasteiger partial charge in [-0.2, -0.15) is 5.10 Å². The van der Waals surface area contributed by atoms with Crippen molar-refractivity contribution in [3.8, 4) is 0 Å². The molecule has 0 saturated heterocycles. The monoisotopic (exact) mass is 253 g/mol. The van der Waals surface area contributed by atoms with Crippen LogP contribution < -0.4 is 5.32 Å². The van der Waals surface area contributed by atoms with Crippen LogP contribution >= 0.6 is 0 Å². The highest BCUT2D eigenvalue weighted by Gasteiger charge is 2.18. The summed E-state index contributed by atoms with van der Waals surface area (Å²) in [5.74, 6) is -0.194. The first-order chi connectivity index (χ1) is 8.33. The van der Waals surface area contributed by atoms with E-state index >= 15 is 0 Å². The molecular weight excluding hydrogens is 234 g/mol. The SMILES string of the molecule is CCn1nccc1C(=O)CNC(=O)OC(C)(C)C. The summed E-state index contributed by atoms with van der Waals surface area (Å²) >= 11 is 0. The van der Waals surface area contributed by atoms with Crippen molar-refractivity contribution in [3.05, 3.63) is 18.0 Å². The molecule has 0 aromatic carbocycles. The van der Waals surface area contributed by atoms with E-state index < -0.39 is 11.7 Å². The van der Waals surface area contributed by atoms with Gasteiger partial charge in [-0.1, -0.05) is 0 Å². The van der Waals surface area contributed by atoms with Crippen LogP contribution in [0, 0.1) is 0 Å². The zero-order chi connectivity index (χ0) is 13.8. The molecule has 0 atom stereocenters. The zero-order valence-electron chi connectivity index (χ0n) is 11.2. The molecule has 1 heterocycles. The molecule has 1 N–H and O–H groups in total. The first-order valence-corrected chi connectivity index (χ1v) is 5.85. The first-order valence-electron chi connectivity index (χ1n) is 5.85. The predicted molar refractivity (Wildman–Crippen MR) is 66.5 cm³/mol. The normalized spacial score (nSPS) is 11.1. The van der Waals surface area contributed by atoms with Gasteiger partial charge in [-0.3, -0.25) is 9.48 Å². The van der Waals surface area contributed by atoms with Crippen LogP contribution in [-0.2, 0) is 11.3 Å². The molecule has 0 aliphatic heterocycles. The summed E-state index contributed by atoms with van der Waals surface area (Å²) in [6.07, 6.45) is 0.961. The highest BCUT2D eigenvalue weighted by atomic mass is 16.6. The van der Waals surface area contributed by atoms with Crippen LogP contribution in [0.5, 0.6) is 0 Å². The lowest BCUT2D eigenvalue weighted by molar-refractivity contribution is 0.0520. The third kappa shape index (κ3) is 4.20. The summed E-state index contributed by atoms with van der Waals surface area (Å²) < 4.78 is 6.62. The molecule has 0 unspecified atom stereocenters. The summed E-state index contributed by atoms with van der Waals surface area (Å²) in [6, 6.07) is 1.63. The van der Waals surface area contributed by atoms with Gasteiger partial charge in [-0.15, -0.1) is 0 Å². The van der Waals surface area contributed by atoms with Gasteiger partial charge >= 0.3 is 6.09 Å². The van der Waals surface area contributed by atoms with Crippen LogP contribution in [0.15, 0.2) is 12.3 Å². The number of Topliss-reactive ketones (excluding diaryl/α,β-unsaturated/α-hetero) is 1. The molecule has 100 valence electrons. The smallest absolute Gasteiger partial charge is 0.408 e. The maximum absolute atomic E-state index is 11.8. The summed E-state index contributed by atoms with van der Waals surface area (Å²) in [6.45, 7) is 7.70. The van der Waals surface area contributed by atoms with E-state index in [1.807, 2.05) is 6.92 Å². The van der Waals surface area contributed by atoms with Crippen LogP contribution in [0.25, 0.3) is 0 Å². The average Bonchev–Trinajstić information content (AvgIpc) is 2.71. The molecule has 0 saturated carbocycles. The lowest BCUT2D eigenvalue weighted by atomic mass is 10.2. The number of ether oxygens (including phenoxy) is 1. The zero-order valence-corrected chi connectivity index (χ0v) is 11.2. The number of ketones is 1. The van der Waals surface area contributed by atoms with Crippen molar-refractivity contribution in [1.82, 2.24) is 15.1 Å². The number of nitrogens with one attached hydrogen (secondary N) is 1. The molecule has 1 rings (SSSR count). The highest BCUT2D eigenvalue weighted by Crippen LogP contribution is 2.06. The maximum atomic E-state index is 11.8. The van der Waals surface area contributed by atoms with Crippen molar-refractivity contribution in [1.29, 1.82) is 0 Å². The molecule has 0 bridgehead atoms. The topological polar surface area (TPSA) is 73.2 Å². The standard InChI is InChI=1S/C12H19N3O3/c1-5-15-9(6-7-14-15)10(16)8-13-11(17)18-12(2,3)4/h6-7H,5,8H2,1-4H3,(H,13,17). The number of hydrogen-bond donors (Lipinski definition) is 1. The number of hydrogen-bond acceptors (Lipinski definition) is 4. The minimum atomic E-state index is -0.599. The Morgan fingerprint density at radius 2 is 2.11 bits per heavy atom. The fourth-order valence-corrected chi connectivity index (χ4v) is 1.38. The predicted octanol–water partition coefficient (Wildman–Crippen LogP) is 1.61. The second kappa shape index (κ2) is 5.66. The van der Waals surface area contributed by atoms with Gasteiger partial charge in [-0.05, 0) is 33.8 Å². The number of rotatable bonds is 4. The summed E-state index contributed by atoms with van der Waals surface area (Å²) in [5, 5.41) is 6.42. The third-order valence-corrected chi connectivity index (χ3v) is 2.09. The van der Waals surface area contributed by atoms with Gasteiger partial charge in [0.1, 0.15) is 11.3 Å². The van der Waals surface area contributed by atoms with Crippen LogP contribution in [0.2, 0.25) is 0 Å². The van der Waals surface area contributed by atoms with Gasteiger partial charge in [0.25, 0.3) is 0 Å². The van der Waals surface area contributed by atoms with E-state index in [2.05, 4.69) is 10.4 Å². The number of carbonyl (C=O) groups is 2. The second-order valence-electron chi connectivity index (χ2n) is 4.81. The lowest BCUT2D eigenvalue weighted by Gasteiger charge is -2.19. The molecule has 0 aliphatic carbocycles. The van der Waals surface area contributed by atoms with Crippen molar-refractivity contribution in [3.63, 3.8) is 0 Å². The van der Waals surface area contributed by atoms with Crippen molar-refractivity contribution in [2.45, 2.75) is 39.8 Å². The Morgan fingerprint density at radius 1 is 1.44 bits per heavy atom. The molecule has 6 heteroatoms. The number of aryl methyl sites for hydroxylation is 1. The van der Waals surface area contributed by atoms with E-state index in [9.17, 15) is 9.59 Å². The van der Waals surface area contributed by atoms with Gasteiger partial charge in [0.15, 0.2) is 5.78 Å². The Balaban J connectivity index is 2.49. The number of amides is 1. The van der Waals surface area contributed by atoms with Gasteiger partial charge < -0.3 is 10.1 Å². The van der Waals surface area contributed by atoms with Gasteiger partial charge in [0.05, 0.1) is 6.54 Å². The molecule has 18 heavy (non-hydrogen) atoms. The molecule has 0 aliphatic rings. The quantitative estimate of drug-likeness (QED) is 0.827. The van der Waals surface area contributed by atoms with E-state index in [0.29, 0.717) is 12.2 Å². The van der Waals surface area contributed by atoms with Crippen molar-refractivity contribution >= 4 is 11.9 Å². The fourth-order valence-electron chi connectivity index (χ4n) is 1.38. The van der Waals surface area contributed by atoms with E-state index in [0.717, 1.165) is 0 Å². The Kier molecular flexibility index (Phi) is 4.47. The summed E-state index contributed by atoms with van der Waals surface area (Å²) in [4.78, 5) is 23.2. The van der Waals surface area contributed by atoms with E-state index in [-0.39, 0.29) is 12.3 Å². The van der Waals surface area contributed by atoms with E-state index in [1.54, 1.807) is 37.7 Å². The number of nitrogens with zero attached hydrogens (tertiary/aromatic N) is 2. The first kappa shape index (κ1) is 14.2. The molecule has 0 spiro atoms. The minimum absolute atomic E-state index is 0.0966. The third-order valence-electron chi connectivity index (χ3n) is 2.09. The second-order valence-corrected chi connectivity index (χ2v) is 4.81. The van der Waals surface area contributed by atoms with E-state index in [4.69, 9.17) is 4.74 Å². The number of aromatic nitrogens is 2. The van der Waals surface area contributed by atoms with Crippen LogP contribution in [-0.4, -0.2) is 33.8 Å². The molecule has 1 amide bonds. The van der Waals surface area contributed by atoms with Crippen molar-refractivity contribution in [2.75, 3.05) is 6.54 Å². The molecular formula is C12H19N3O3. The van der Waals surface area contributed by atoms with Gasteiger partial charge in [-0.25, -0.2) is 4.79 Å². The number of alkyl carbamates (subject to hydrolysis) is 1. The van der Waals surface area contributed by atoms with Crippen LogP contribution in [0.1, 0.15) is 38.2 Å². The van der Waals surface area contributed by atoms with E-state index in [1.165, 1.54) is 0 Å². The molecule has 0 radical (unpaired) electrons. The average molecular weight is 253 g/mol. The van der Waals surface area contributed by atoms with Crippen molar-refractivity contribution < 1.29 is 14.3 Å². The molecule has 0 fully saturated rings. The van der Waals surface area contributed by atoms with Gasteiger partial charge in [0, 0.05) is 12.7 Å². The lowest BCUT2D eigenvalue weighted by Crippen LogP contribution is -2.35. The highest BCUT2D eigenvalue weighted by molar-refractivity contribution is 5.97. The Hall–Kier alpha value is -1.85. The Bertz CT molecular complexity index is 432. The fraction of sp³-hybridized carbons (Fsp3) is 0.583. The van der Waals surface area contributed by atoms with Gasteiger partial charge in [0.2, 0.25) is 0 Å². The number of carbonyl (C=O) groups excluding carboxylic acids is 2. The largest absolute Gasteiger partial charge is 0.444 e. The summed E-state index contributed by atoms with van der Waals surface area (Å²) in [5.41, 5.74) is -0.0910. The van der Waals surface area contributed by atoms with Crippen molar-refractivity contribution in [2.24, 2.45) is 0 Å². The Labute approximate surface area is 106 Å². The Morgan fingerprint density at radius 3 is 2.67 bits per heavy atom. The molecule has 1 aromatic heterocycles. The minimum Gasteiger partial charge on any atom is -0.444 e. The molecule has 1 aromatic rings. The van der Waals surface area contributed by atoms with Crippen LogP contribution in [0.4, 0.5) is 4.79 Å². The van der Waals surface area contributed by atoms with Crippen LogP contribution in [0.3, 0.4) is 0 Å². The maximum Gasteiger partial charge on any atom is 0.408 e.